The van der Waals surface area contributed by atoms with E-state index in [0.29, 0.717) is 26.5 Å². The smallest absolute Gasteiger partial charge is 0.131 e. The lowest BCUT2D eigenvalue weighted by atomic mass is 10.2. The van der Waals surface area contributed by atoms with E-state index >= 15 is 0 Å². The van der Waals surface area contributed by atoms with Crippen LogP contribution in [0.2, 0.25) is 10.0 Å². The van der Waals surface area contributed by atoms with Crippen LogP contribution in [0.15, 0.2) is 30.5 Å². The fourth-order valence-electron chi connectivity index (χ4n) is 1.55. The summed E-state index contributed by atoms with van der Waals surface area (Å²) in [7, 11) is 0. The van der Waals surface area contributed by atoms with Crippen molar-refractivity contribution in [1.29, 1.82) is 0 Å². The van der Waals surface area contributed by atoms with E-state index < -0.39 is 0 Å². The fraction of sp³-hybridized carbons (Fsp3) is 0.0769. The summed E-state index contributed by atoms with van der Waals surface area (Å²) >= 11 is 17.3. The number of aromatic nitrogens is 1. The SMILES string of the molecule is Cc1ccc(Cl)c(Nc2cc(C(N)=S)ccn2)c1Cl. The summed E-state index contributed by atoms with van der Waals surface area (Å²) in [5.41, 5.74) is 7.86. The molecule has 2 aromatic rings. The standard InChI is InChI=1S/C13H11Cl2N3S/c1-7-2-3-9(14)12(11(7)15)18-10-6-8(13(16)19)4-5-17-10/h2-6H,1H3,(H2,16,19)(H,17,18). The Balaban J connectivity index is 2.39. The quantitative estimate of drug-likeness (QED) is 0.839. The second-order valence-electron chi connectivity index (χ2n) is 3.97. The van der Waals surface area contributed by atoms with Crippen LogP contribution in [-0.2, 0) is 0 Å². The third kappa shape index (κ3) is 3.15. The Labute approximate surface area is 126 Å². The van der Waals surface area contributed by atoms with Gasteiger partial charge in [0.2, 0.25) is 0 Å². The average Bonchev–Trinajstić information content (AvgIpc) is 2.39. The Morgan fingerprint density at radius 2 is 2.05 bits per heavy atom. The monoisotopic (exact) mass is 311 g/mol. The first-order valence-electron chi connectivity index (χ1n) is 5.46. The highest BCUT2D eigenvalue weighted by Gasteiger charge is 2.09. The van der Waals surface area contributed by atoms with Crippen molar-refractivity contribution in [3.63, 3.8) is 0 Å². The zero-order valence-electron chi connectivity index (χ0n) is 10.1. The lowest BCUT2D eigenvalue weighted by Crippen LogP contribution is -2.10. The van der Waals surface area contributed by atoms with Crippen molar-refractivity contribution in [2.75, 3.05) is 5.32 Å². The zero-order chi connectivity index (χ0) is 14.0. The lowest BCUT2D eigenvalue weighted by Gasteiger charge is -2.12. The number of halogens is 2. The summed E-state index contributed by atoms with van der Waals surface area (Å²) in [5.74, 6) is 0.583. The highest BCUT2D eigenvalue weighted by Crippen LogP contribution is 2.34. The third-order valence-corrected chi connectivity index (χ3v) is 3.62. The minimum absolute atomic E-state index is 0.312. The highest BCUT2D eigenvalue weighted by molar-refractivity contribution is 7.80. The number of pyridine rings is 1. The molecular weight excluding hydrogens is 301 g/mol. The molecule has 0 saturated heterocycles. The van der Waals surface area contributed by atoms with Crippen LogP contribution in [0.5, 0.6) is 0 Å². The summed E-state index contributed by atoms with van der Waals surface area (Å²) in [6, 6.07) is 7.13. The van der Waals surface area contributed by atoms with Crippen LogP contribution in [-0.4, -0.2) is 9.97 Å². The minimum atomic E-state index is 0.312. The summed E-state index contributed by atoms with van der Waals surface area (Å²) in [4.78, 5) is 4.50. The van der Waals surface area contributed by atoms with Gasteiger partial charge in [0.1, 0.15) is 10.8 Å². The number of hydrogen-bond acceptors (Lipinski definition) is 3. The molecule has 3 N–H and O–H groups in total. The van der Waals surface area contributed by atoms with Gasteiger partial charge in [0.15, 0.2) is 0 Å². The molecule has 0 saturated carbocycles. The molecule has 0 aliphatic heterocycles. The average molecular weight is 312 g/mol. The van der Waals surface area contributed by atoms with Crippen LogP contribution >= 0.6 is 35.4 Å². The Kier molecular flexibility index (Phi) is 4.24. The molecule has 0 aliphatic carbocycles. The van der Waals surface area contributed by atoms with Crippen LogP contribution < -0.4 is 11.1 Å². The maximum Gasteiger partial charge on any atom is 0.131 e. The molecule has 1 aromatic heterocycles. The number of hydrogen-bond donors (Lipinski definition) is 2. The molecule has 1 heterocycles. The number of thiocarbonyl (C=S) groups is 1. The van der Waals surface area contributed by atoms with E-state index in [1.165, 1.54) is 0 Å². The van der Waals surface area contributed by atoms with Gasteiger partial charge in [-0.25, -0.2) is 4.98 Å². The van der Waals surface area contributed by atoms with Crippen LogP contribution in [0.25, 0.3) is 0 Å². The van der Waals surface area contributed by atoms with E-state index in [1.54, 1.807) is 24.4 Å². The molecule has 0 amide bonds. The van der Waals surface area contributed by atoms with Crippen molar-refractivity contribution < 1.29 is 0 Å². The topological polar surface area (TPSA) is 50.9 Å². The van der Waals surface area contributed by atoms with Crippen molar-refractivity contribution >= 4 is 51.9 Å². The van der Waals surface area contributed by atoms with Gasteiger partial charge in [-0.05, 0) is 30.7 Å². The summed E-state index contributed by atoms with van der Waals surface area (Å²) in [5, 5.41) is 4.18. The Bertz CT molecular complexity index is 644. The lowest BCUT2D eigenvalue weighted by molar-refractivity contribution is 1.30. The molecule has 2 rings (SSSR count). The Hall–Kier alpha value is -1.36. The van der Waals surface area contributed by atoms with Gasteiger partial charge in [-0.3, -0.25) is 0 Å². The molecule has 1 aromatic carbocycles. The molecule has 0 radical (unpaired) electrons. The van der Waals surface area contributed by atoms with Gasteiger partial charge in [-0.15, -0.1) is 0 Å². The van der Waals surface area contributed by atoms with Crippen LogP contribution in [0, 0.1) is 6.92 Å². The van der Waals surface area contributed by atoms with Gasteiger partial charge in [0, 0.05) is 11.8 Å². The molecule has 0 bridgehead atoms. The molecule has 98 valence electrons. The van der Waals surface area contributed by atoms with Gasteiger partial charge < -0.3 is 11.1 Å². The molecule has 0 spiro atoms. The van der Waals surface area contributed by atoms with Crippen molar-refractivity contribution in [1.82, 2.24) is 4.98 Å². The van der Waals surface area contributed by atoms with Crippen molar-refractivity contribution in [3.05, 3.63) is 51.6 Å². The highest BCUT2D eigenvalue weighted by atomic mass is 35.5. The predicted molar refractivity (Wildman–Crippen MR) is 84.6 cm³/mol. The second kappa shape index (κ2) is 5.74. The van der Waals surface area contributed by atoms with Crippen molar-refractivity contribution in [3.8, 4) is 0 Å². The molecule has 0 fully saturated rings. The number of nitrogens with zero attached hydrogens (tertiary/aromatic N) is 1. The summed E-state index contributed by atoms with van der Waals surface area (Å²) in [6.07, 6.45) is 1.62. The van der Waals surface area contributed by atoms with Crippen molar-refractivity contribution in [2.45, 2.75) is 6.92 Å². The molecule has 3 nitrogen and oxygen atoms in total. The number of nitrogens with two attached hydrogens (primary N) is 1. The molecule has 19 heavy (non-hydrogen) atoms. The largest absolute Gasteiger partial charge is 0.389 e. The molecule has 0 atom stereocenters. The van der Waals surface area contributed by atoms with E-state index in [2.05, 4.69) is 10.3 Å². The van der Waals surface area contributed by atoms with E-state index in [0.717, 1.165) is 11.1 Å². The number of nitrogens with one attached hydrogen (secondary N) is 1. The first kappa shape index (κ1) is 14.1. The summed E-state index contributed by atoms with van der Waals surface area (Å²) in [6.45, 7) is 1.91. The van der Waals surface area contributed by atoms with Gasteiger partial charge in [-0.1, -0.05) is 41.5 Å². The van der Waals surface area contributed by atoms with Crippen LogP contribution in [0.1, 0.15) is 11.1 Å². The van der Waals surface area contributed by atoms with Crippen LogP contribution in [0.3, 0.4) is 0 Å². The zero-order valence-corrected chi connectivity index (χ0v) is 12.4. The maximum absolute atomic E-state index is 6.23. The molecule has 0 unspecified atom stereocenters. The number of aryl methyl sites for hydroxylation is 1. The van der Waals surface area contributed by atoms with E-state index in [-0.39, 0.29) is 0 Å². The van der Waals surface area contributed by atoms with Gasteiger partial charge >= 0.3 is 0 Å². The number of rotatable bonds is 3. The second-order valence-corrected chi connectivity index (χ2v) is 5.20. The maximum atomic E-state index is 6.23. The number of benzene rings is 1. The third-order valence-electron chi connectivity index (χ3n) is 2.58. The van der Waals surface area contributed by atoms with Crippen LogP contribution in [0.4, 0.5) is 11.5 Å². The first-order chi connectivity index (χ1) is 8.99. The minimum Gasteiger partial charge on any atom is -0.389 e. The summed E-state index contributed by atoms with van der Waals surface area (Å²) < 4.78 is 0. The van der Waals surface area contributed by atoms with Gasteiger partial charge in [0.25, 0.3) is 0 Å². The van der Waals surface area contributed by atoms with Gasteiger partial charge in [0.05, 0.1) is 15.7 Å². The van der Waals surface area contributed by atoms with Gasteiger partial charge in [-0.2, -0.15) is 0 Å². The fourth-order valence-corrected chi connectivity index (χ4v) is 2.14. The molecular formula is C13H11Cl2N3S. The Morgan fingerprint density at radius 3 is 2.74 bits per heavy atom. The number of anilines is 2. The van der Waals surface area contributed by atoms with Crippen molar-refractivity contribution in [2.24, 2.45) is 5.73 Å². The van der Waals surface area contributed by atoms with E-state index in [4.69, 9.17) is 41.2 Å². The molecule has 0 aliphatic rings. The van der Waals surface area contributed by atoms with E-state index in [9.17, 15) is 0 Å². The normalized spacial score (nSPS) is 10.3. The first-order valence-corrected chi connectivity index (χ1v) is 6.63. The van der Waals surface area contributed by atoms with E-state index in [1.807, 2.05) is 13.0 Å². The predicted octanol–water partition coefficient (Wildman–Crippen LogP) is 4.07. The molecule has 6 heteroatoms. The Morgan fingerprint density at radius 1 is 1.32 bits per heavy atom.